The summed E-state index contributed by atoms with van der Waals surface area (Å²) in [5.41, 5.74) is 4.62. The van der Waals surface area contributed by atoms with E-state index in [1.807, 2.05) is 24.3 Å². The summed E-state index contributed by atoms with van der Waals surface area (Å²) >= 11 is 0. The first-order chi connectivity index (χ1) is 23.5. The summed E-state index contributed by atoms with van der Waals surface area (Å²) in [5.74, 6) is -1.07. The van der Waals surface area contributed by atoms with Crippen LogP contribution in [-0.4, -0.2) is 46.4 Å². The second-order valence-corrected chi connectivity index (χ2v) is 15.7. The number of hydrogen-bond donors (Lipinski definition) is 6. The van der Waals surface area contributed by atoms with Crippen LogP contribution in [0.25, 0.3) is 11.1 Å². The molecule has 8 bridgehead atoms. The molecule has 0 unspecified atom stereocenters. The Bertz CT molecular complexity index is 2240. The highest BCUT2D eigenvalue weighted by Crippen LogP contribution is 2.41. The van der Waals surface area contributed by atoms with Crippen molar-refractivity contribution in [2.45, 2.75) is 62.2 Å². The van der Waals surface area contributed by atoms with E-state index in [1.54, 1.807) is 31.2 Å². The molecule has 6 N–H and O–H groups in total. The van der Waals surface area contributed by atoms with Crippen molar-refractivity contribution in [1.82, 2.24) is 0 Å². The van der Waals surface area contributed by atoms with Crippen LogP contribution in [0.15, 0.2) is 82.6 Å². The van der Waals surface area contributed by atoms with E-state index < -0.39 is 30.0 Å². The van der Waals surface area contributed by atoms with Gasteiger partial charge < -0.3 is 20.4 Å². The lowest BCUT2D eigenvalue weighted by molar-refractivity contribution is 0.449. The molecule has 260 valence electrons. The van der Waals surface area contributed by atoms with E-state index in [2.05, 4.69) is 6.92 Å². The molecule has 12 heteroatoms. The van der Waals surface area contributed by atoms with Gasteiger partial charge in [0.2, 0.25) is 0 Å². The zero-order valence-corrected chi connectivity index (χ0v) is 28.9. The minimum absolute atomic E-state index is 0.0739. The largest absolute Gasteiger partial charge is 0.507 e. The topological polar surface area (TPSA) is 190 Å². The predicted octanol–water partition coefficient (Wildman–Crippen LogP) is 6.61. The highest BCUT2D eigenvalue weighted by molar-refractivity contribution is 7.86. The summed E-state index contributed by atoms with van der Waals surface area (Å²) in [4.78, 5) is -0.956. The van der Waals surface area contributed by atoms with Crippen molar-refractivity contribution >= 4 is 20.2 Å². The van der Waals surface area contributed by atoms with Gasteiger partial charge >= 0.3 is 0 Å². The second-order valence-electron chi connectivity index (χ2n) is 12.9. The van der Waals surface area contributed by atoms with E-state index in [4.69, 9.17) is 0 Å². The standard InChI is InChI=1S/C38H36O10S2/c1-3-4-22-5-7-23(8-6-22)24-11-27-15-31-19-33(49(43,44)45)17-29(37(31)41)13-25-9-21(2)10-26(35(25)39)14-30-18-34(50(46,47)48)20-32(38(30)42)16-28(12-24)36(27)40/h5-12,17-20,39-42H,3-4,13-16H2,1-2H3,(H,43,44,45)(H,46,47,48). The van der Waals surface area contributed by atoms with Crippen LogP contribution in [-0.2, 0) is 52.3 Å². The second kappa shape index (κ2) is 13.1. The third-order valence-electron chi connectivity index (χ3n) is 9.11. The third kappa shape index (κ3) is 7.06. The van der Waals surface area contributed by atoms with E-state index in [9.17, 15) is 46.4 Å². The summed E-state index contributed by atoms with van der Waals surface area (Å²) in [6.07, 6.45) is 1.09. The molecule has 6 rings (SSSR count). The fraction of sp³-hybridized carbons (Fsp3) is 0.211. The fourth-order valence-corrected chi connectivity index (χ4v) is 7.83. The van der Waals surface area contributed by atoms with Gasteiger partial charge in [0.15, 0.2) is 0 Å². The molecule has 0 fully saturated rings. The molecule has 0 heterocycles. The van der Waals surface area contributed by atoms with E-state index in [0.717, 1.165) is 48.2 Å². The van der Waals surface area contributed by atoms with Crippen molar-refractivity contribution < 1.29 is 46.4 Å². The first-order valence-electron chi connectivity index (χ1n) is 15.9. The monoisotopic (exact) mass is 716 g/mol. The van der Waals surface area contributed by atoms with Crippen molar-refractivity contribution in [1.29, 1.82) is 0 Å². The maximum Gasteiger partial charge on any atom is 0.294 e. The molecule has 10 nitrogen and oxygen atoms in total. The van der Waals surface area contributed by atoms with Gasteiger partial charge in [-0.25, -0.2) is 0 Å². The van der Waals surface area contributed by atoms with E-state index >= 15 is 0 Å². The number of benzene rings is 5. The number of fused-ring (bicyclic) bond motifs is 8. The van der Waals surface area contributed by atoms with E-state index in [-0.39, 0.29) is 93.2 Å². The van der Waals surface area contributed by atoms with Crippen molar-refractivity contribution in [2.24, 2.45) is 0 Å². The zero-order chi connectivity index (χ0) is 36.1. The van der Waals surface area contributed by atoms with Crippen LogP contribution in [0.5, 0.6) is 23.0 Å². The van der Waals surface area contributed by atoms with Crippen LogP contribution in [0.4, 0.5) is 0 Å². The molecule has 5 aromatic carbocycles. The molecule has 0 radical (unpaired) electrons. The Balaban J connectivity index is 1.66. The summed E-state index contributed by atoms with van der Waals surface area (Å²) in [6, 6.07) is 18.9. The maximum atomic E-state index is 12.4. The highest BCUT2D eigenvalue weighted by Gasteiger charge is 2.24. The van der Waals surface area contributed by atoms with E-state index in [1.165, 1.54) is 0 Å². The Hall–Kier alpha value is -4.88. The maximum absolute atomic E-state index is 12.4. The Kier molecular flexibility index (Phi) is 9.16. The number of phenols is 4. The smallest absolute Gasteiger partial charge is 0.294 e. The summed E-state index contributed by atoms with van der Waals surface area (Å²) in [6.45, 7) is 3.82. The van der Waals surface area contributed by atoms with Gasteiger partial charge in [0.25, 0.3) is 20.2 Å². The molecule has 0 aliphatic heterocycles. The lowest BCUT2D eigenvalue weighted by Gasteiger charge is -2.19. The molecule has 1 aliphatic rings. The highest BCUT2D eigenvalue weighted by atomic mass is 32.2. The molecule has 0 saturated carbocycles. The van der Waals surface area contributed by atoms with Gasteiger partial charge in [0.05, 0.1) is 9.79 Å². The summed E-state index contributed by atoms with van der Waals surface area (Å²) in [5, 5.41) is 46.1. The Morgan fingerprint density at radius 1 is 0.500 bits per heavy atom. The van der Waals surface area contributed by atoms with Crippen LogP contribution < -0.4 is 0 Å². The number of phenolic OH excluding ortho intramolecular Hbond substituents is 4. The molecule has 50 heavy (non-hydrogen) atoms. The number of rotatable bonds is 5. The average Bonchev–Trinajstić information content (AvgIpc) is 3.03. The molecule has 0 atom stereocenters. The predicted molar refractivity (Wildman–Crippen MR) is 187 cm³/mol. The number of hydrogen-bond acceptors (Lipinski definition) is 8. The average molecular weight is 717 g/mol. The SMILES string of the molecule is CCCc1ccc(-c2cc3c(O)c(c2)Cc2cc(S(=O)(=O)O)cc(c2O)Cc2cc(C)cc(c2O)Cc2cc(S(=O)(=O)O)cc(c2O)C3)cc1. The van der Waals surface area contributed by atoms with Crippen molar-refractivity contribution in [3.8, 4) is 34.1 Å². The van der Waals surface area contributed by atoms with Gasteiger partial charge in [-0.15, -0.1) is 0 Å². The molecule has 0 spiro atoms. The molecular formula is C38H36O10S2. The Morgan fingerprint density at radius 3 is 1.14 bits per heavy atom. The van der Waals surface area contributed by atoms with Crippen LogP contribution in [0.2, 0.25) is 0 Å². The lowest BCUT2D eigenvalue weighted by atomic mass is 9.89. The van der Waals surface area contributed by atoms with Gasteiger partial charge in [0.1, 0.15) is 23.0 Å². The molecule has 0 amide bonds. The molecule has 5 aromatic rings. The van der Waals surface area contributed by atoms with Crippen molar-refractivity contribution in [3.63, 3.8) is 0 Å². The first kappa shape index (κ1) is 35.0. The van der Waals surface area contributed by atoms with E-state index in [0.29, 0.717) is 11.1 Å². The fourth-order valence-electron chi connectivity index (χ4n) is 6.67. The Labute approximate surface area is 290 Å². The Morgan fingerprint density at radius 2 is 0.820 bits per heavy atom. The molecule has 1 aliphatic carbocycles. The van der Waals surface area contributed by atoms with Crippen molar-refractivity contribution in [2.75, 3.05) is 0 Å². The van der Waals surface area contributed by atoms with Crippen LogP contribution in [0, 0.1) is 6.92 Å². The normalized spacial score (nSPS) is 13.3. The minimum atomic E-state index is -4.75. The lowest BCUT2D eigenvalue weighted by Crippen LogP contribution is -2.06. The quantitative estimate of drug-likeness (QED) is 0.106. The summed E-state index contributed by atoms with van der Waals surface area (Å²) < 4.78 is 69.8. The third-order valence-corrected chi connectivity index (χ3v) is 10.8. The van der Waals surface area contributed by atoms with Gasteiger partial charge in [0, 0.05) is 47.9 Å². The zero-order valence-electron chi connectivity index (χ0n) is 27.3. The molecule has 0 aromatic heterocycles. The first-order valence-corrected chi connectivity index (χ1v) is 18.8. The van der Waals surface area contributed by atoms with Gasteiger partial charge in [-0.1, -0.05) is 55.3 Å². The number of aryl methyl sites for hydroxylation is 2. The van der Waals surface area contributed by atoms with Crippen molar-refractivity contribution in [3.05, 3.63) is 128 Å². The van der Waals surface area contributed by atoms with Gasteiger partial charge in [-0.05, 0) is 88.7 Å². The van der Waals surface area contributed by atoms with Gasteiger partial charge in [-0.2, -0.15) is 16.8 Å². The summed E-state index contributed by atoms with van der Waals surface area (Å²) in [7, 11) is -9.49. The minimum Gasteiger partial charge on any atom is -0.507 e. The van der Waals surface area contributed by atoms with Crippen LogP contribution >= 0.6 is 0 Å². The number of aromatic hydroxyl groups is 4. The van der Waals surface area contributed by atoms with Crippen LogP contribution in [0.1, 0.15) is 69.0 Å². The van der Waals surface area contributed by atoms with Gasteiger partial charge in [-0.3, -0.25) is 9.11 Å². The molecule has 0 saturated heterocycles. The molecular weight excluding hydrogens is 681 g/mol. The van der Waals surface area contributed by atoms with Crippen LogP contribution in [0.3, 0.4) is 0 Å².